The van der Waals surface area contributed by atoms with Gasteiger partial charge < -0.3 is 9.94 Å². The van der Waals surface area contributed by atoms with Gasteiger partial charge in [0.15, 0.2) is 0 Å². The van der Waals surface area contributed by atoms with Crippen LogP contribution in [0.5, 0.6) is 0 Å². The van der Waals surface area contributed by atoms with E-state index in [1.54, 1.807) is 0 Å². The molecule has 2 rings (SSSR count). The lowest BCUT2D eigenvalue weighted by atomic mass is 9.84. The molecular formula is C14H24N2O3. The molecule has 2 heterocycles. The van der Waals surface area contributed by atoms with Crippen LogP contribution in [-0.4, -0.2) is 39.6 Å². The molecule has 0 aromatic carbocycles. The highest BCUT2D eigenvalue weighted by molar-refractivity contribution is 5.89. The highest BCUT2D eigenvalue weighted by Crippen LogP contribution is 2.49. The Morgan fingerprint density at radius 2 is 1.95 bits per heavy atom. The molecule has 0 aromatic rings. The van der Waals surface area contributed by atoms with E-state index in [0.717, 1.165) is 31.4 Å². The number of fused-ring (bicyclic) bond motifs is 2. The average Bonchev–Trinajstić information content (AvgIpc) is 2.52. The molecule has 0 spiro atoms. The fourth-order valence-corrected chi connectivity index (χ4v) is 3.57. The van der Waals surface area contributed by atoms with Gasteiger partial charge in [0.25, 0.3) is 0 Å². The van der Waals surface area contributed by atoms with Crippen LogP contribution in [0.15, 0.2) is 5.16 Å². The molecule has 5 nitrogen and oxygen atoms in total. The molecule has 0 aromatic heterocycles. The smallest absolute Gasteiger partial charge is 0.410 e. The molecule has 2 saturated heterocycles. The Hall–Kier alpha value is -1.26. The number of carbonyl (C=O) groups is 1. The maximum absolute atomic E-state index is 12.3. The van der Waals surface area contributed by atoms with Crippen molar-refractivity contribution in [1.29, 1.82) is 0 Å². The fraction of sp³-hybridized carbons (Fsp3) is 0.857. The average molecular weight is 268 g/mol. The van der Waals surface area contributed by atoms with Crippen molar-refractivity contribution in [1.82, 2.24) is 4.90 Å². The zero-order chi connectivity index (χ0) is 14.1. The van der Waals surface area contributed by atoms with Crippen LogP contribution in [0.4, 0.5) is 4.79 Å². The van der Waals surface area contributed by atoms with Crippen LogP contribution in [-0.2, 0) is 4.74 Å². The second-order valence-electron chi connectivity index (χ2n) is 6.32. The molecular weight excluding hydrogens is 244 g/mol. The van der Waals surface area contributed by atoms with Crippen LogP contribution in [0.2, 0.25) is 0 Å². The lowest BCUT2D eigenvalue weighted by molar-refractivity contribution is 0.0258. The number of unbranched alkanes of at least 4 members (excludes halogenated alkanes) is 1. The number of carbonyl (C=O) groups excluding carboxylic acids is 1. The zero-order valence-corrected chi connectivity index (χ0v) is 12.1. The molecule has 2 aliphatic rings. The van der Waals surface area contributed by atoms with Crippen LogP contribution < -0.4 is 0 Å². The Balaban J connectivity index is 2.14. The van der Waals surface area contributed by atoms with Crippen molar-refractivity contribution in [3.8, 4) is 0 Å². The molecule has 2 atom stereocenters. The number of nitrogens with zero attached hydrogens (tertiary/aromatic N) is 2. The normalized spacial score (nSPS) is 33.4. The van der Waals surface area contributed by atoms with E-state index in [1.165, 1.54) is 0 Å². The summed E-state index contributed by atoms with van der Waals surface area (Å²) in [4.78, 5) is 14.2. The lowest BCUT2D eigenvalue weighted by Gasteiger charge is -2.47. The number of ether oxygens (including phenoxy) is 1. The molecule has 0 aliphatic carbocycles. The first kappa shape index (κ1) is 14.2. The van der Waals surface area contributed by atoms with Gasteiger partial charge in [0.05, 0.1) is 12.3 Å². The maximum Gasteiger partial charge on any atom is 0.410 e. The summed E-state index contributed by atoms with van der Waals surface area (Å²) in [6.45, 7) is 6.68. The van der Waals surface area contributed by atoms with E-state index in [-0.39, 0.29) is 17.2 Å². The minimum Gasteiger partial charge on any atom is -0.449 e. The molecule has 0 saturated carbocycles. The van der Waals surface area contributed by atoms with E-state index in [9.17, 15) is 4.79 Å². The number of piperidine rings is 1. The van der Waals surface area contributed by atoms with Crippen molar-refractivity contribution in [3.63, 3.8) is 0 Å². The van der Waals surface area contributed by atoms with Gasteiger partial charge in [-0.1, -0.05) is 18.5 Å². The minimum atomic E-state index is -0.266. The quantitative estimate of drug-likeness (QED) is 0.486. The Morgan fingerprint density at radius 3 is 2.42 bits per heavy atom. The van der Waals surface area contributed by atoms with Gasteiger partial charge in [-0.3, -0.25) is 4.90 Å². The number of rotatable bonds is 3. The van der Waals surface area contributed by atoms with E-state index >= 15 is 0 Å². The van der Waals surface area contributed by atoms with E-state index < -0.39 is 0 Å². The topological polar surface area (TPSA) is 62.1 Å². The first-order valence-corrected chi connectivity index (χ1v) is 7.12. The van der Waals surface area contributed by atoms with Crippen LogP contribution in [0.1, 0.15) is 59.3 Å². The van der Waals surface area contributed by atoms with Crippen LogP contribution in [0, 0.1) is 0 Å². The number of hydrogen-bond acceptors (Lipinski definition) is 4. The summed E-state index contributed by atoms with van der Waals surface area (Å²) in [7, 11) is 0. The summed E-state index contributed by atoms with van der Waals surface area (Å²) in [5, 5.41) is 12.4. The third kappa shape index (κ3) is 2.42. The molecule has 0 radical (unpaired) electrons. The predicted molar refractivity (Wildman–Crippen MR) is 72.6 cm³/mol. The van der Waals surface area contributed by atoms with Gasteiger partial charge in [-0.25, -0.2) is 4.79 Å². The largest absolute Gasteiger partial charge is 0.449 e. The Morgan fingerprint density at radius 1 is 1.37 bits per heavy atom. The number of hydrogen-bond donors (Lipinski definition) is 1. The van der Waals surface area contributed by atoms with Gasteiger partial charge in [0.1, 0.15) is 0 Å². The third-order valence-electron chi connectivity index (χ3n) is 4.50. The highest BCUT2D eigenvalue weighted by Gasteiger charge is 2.57. The van der Waals surface area contributed by atoms with Gasteiger partial charge >= 0.3 is 6.09 Å². The standard InChI is InChI=1S/C14H24N2O3/c1-4-5-8-19-12(17)16-13(2)6-7-14(16,3)10-11(9-13)15-18/h18H,4-10H2,1-3H3. The van der Waals surface area contributed by atoms with Crippen LogP contribution >= 0.6 is 0 Å². The van der Waals surface area contributed by atoms with Gasteiger partial charge in [-0.15, -0.1) is 0 Å². The summed E-state index contributed by atoms with van der Waals surface area (Å²) in [5.41, 5.74) is 0.260. The highest BCUT2D eigenvalue weighted by atomic mass is 16.6. The van der Waals surface area contributed by atoms with Crippen molar-refractivity contribution >= 4 is 11.8 Å². The second-order valence-corrected chi connectivity index (χ2v) is 6.32. The lowest BCUT2D eigenvalue weighted by Crippen LogP contribution is -2.59. The zero-order valence-electron chi connectivity index (χ0n) is 12.1. The summed E-state index contributed by atoms with van der Waals surface area (Å²) >= 11 is 0. The second kappa shape index (κ2) is 5.02. The SMILES string of the molecule is CCCCOC(=O)N1C2(C)CCC1(C)CC(=NO)C2. The van der Waals surface area contributed by atoms with Crippen molar-refractivity contribution in [2.45, 2.75) is 70.4 Å². The maximum atomic E-state index is 12.3. The summed E-state index contributed by atoms with van der Waals surface area (Å²) in [6, 6.07) is 0. The fourth-order valence-electron chi connectivity index (χ4n) is 3.57. The molecule has 2 aliphatic heterocycles. The molecule has 5 heteroatoms. The number of oxime groups is 1. The van der Waals surface area contributed by atoms with E-state index in [0.29, 0.717) is 19.4 Å². The van der Waals surface area contributed by atoms with Crippen molar-refractivity contribution in [2.24, 2.45) is 5.16 Å². The van der Waals surface area contributed by atoms with Gasteiger partial charge in [0.2, 0.25) is 0 Å². The Labute approximate surface area is 114 Å². The van der Waals surface area contributed by atoms with Crippen molar-refractivity contribution < 1.29 is 14.7 Å². The van der Waals surface area contributed by atoms with Gasteiger partial charge in [-0.05, 0) is 33.1 Å². The first-order valence-electron chi connectivity index (χ1n) is 7.12. The molecule has 2 fully saturated rings. The monoisotopic (exact) mass is 268 g/mol. The van der Waals surface area contributed by atoms with Crippen LogP contribution in [0.25, 0.3) is 0 Å². The molecule has 19 heavy (non-hydrogen) atoms. The molecule has 108 valence electrons. The van der Waals surface area contributed by atoms with E-state index in [1.807, 2.05) is 4.90 Å². The minimum absolute atomic E-state index is 0.215. The van der Waals surface area contributed by atoms with Crippen LogP contribution in [0.3, 0.4) is 0 Å². The molecule has 1 amide bonds. The van der Waals surface area contributed by atoms with E-state index in [2.05, 4.69) is 25.9 Å². The Kier molecular flexibility index (Phi) is 3.74. The van der Waals surface area contributed by atoms with Gasteiger partial charge in [0, 0.05) is 23.9 Å². The predicted octanol–water partition coefficient (Wildman–Crippen LogP) is 3.16. The summed E-state index contributed by atoms with van der Waals surface area (Å²) in [5.74, 6) is 0. The van der Waals surface area contributed by atoms with E-state index in [4.69, 9.17) is 9.94 Å². The van der Waals surface area contributed by atoms with Crippen molar-refractivity contribution in [2.75, 3.05) is 6.61 Å². The molecule has 1 N–H and O–H groups in total. The first-order chi connectivity index (χ1) is 8.95. The van der Waals surface area contributed by atoms with Gasteiger partial charge in [-0.2, -0.15) is 0 Å². The Bertz CT molecular complexity index is 374. The summed E-state index contributed by atoms with van der Waals surface area (Å²) in [6.07, 6.45) is 4.85. The molecule has 2 unspecified atom stereocenters. The van der Waals surface area contributed by atoms with Crippen molar-refractivity contribution in [3.05, 3.63) is 0 Å². The number of amides is 1. The molecule has 2 bridgehead atoms. The third-order valence-corrected chi connectivity index (χ3v) is 4.50. The summed E-state index contributed by atoms with van der Waals surface area (Å²) < 4.78 is 5.39.